The number of rotatable bonds is 7. The topological polar surface area (TPSA) is 115 Å². The minimum atomic E-state index is -0.768. The van der Waals surface area contributed by atoms with Crippen LogP contribution in [0, 0.1) is 18.3 Å². The number of aromatic nitrogens is 4. The van der Waals surface area contributed by atoms with Crippen molar-refractivity contribution in [2.75, 3.05) is 0 Å². The predicted molar refractivity (Wildman–Crippen MR) is 128 cm³/mol. The number of benzene rings is 1. The van der Waals surface area contributed by atoms with Crippen LogP contribution in [0.25, 0.3) is 10.9 Å². The van der Waals surface area contributed by atoms with Gasteiger partial charge in [0.1, 0.15) is 6.04 Å². The number of nitrogens with zero attached hydrogens (tertiary/aromatic N) is 4. The lowest BCUT2D eigenvalue weighted by Crippen LogP contribution is -2.53. The molecule has 2 aromatic heterocycles. The van der Waals surface area contributed by atoms with E-state index >= 15 is 0 Å². The van der Waals surface area contributed by atoms with E-state index in [0.29, 0.717) is 23.3 Å². The van der Waals surface area contributed by atoms with Gasteiger partial charge in [-0.2, -0.15) is 10.1 Å². The van der Waals surface area contributed by atoms with Gasteiger partial charge < -0.3 is 15.2 Å². The van der Waals surface area contributed by atoms with Crippen molar-refractivity contribution >= 4 is 22.7 Å². The van der Waals surface area contributed by atoms with Crippen LogP contribution >= 0.6 is 0 Å². The third kappa shape index (κ3) is 5.46. The monoisotopic (exact) mass is 466 g/mol. The SMILES string of the molecule is Cc1nc(CNC(=O)[C@@H](NC(=O)c2nn(CC3CCCCC3)c3ccccc23)C(C)(C)C)no1. The lowest BCUT2D eigenvalue weighted by molar-refractivity contribution is -0.125. The lowest BCUT2D eigenvalue weighted by Gasteiger charge is -2.30. The molecule has 0 bridgehead atoms. The minimum Gasteiger partial charge on any atom is -0.347 e. The normalized spacial score (nSPS) is 15.9. The third-order valence-electron chi connectivity index (χ3n) is 6.42. The molecule has 182 valence electrons. The van der Waals surface area contributed by atoms with Gasteiger partial charge in [-0.3, -0.25) is 14.3 Å². The van der Waals surface area contributed by atoms with Crippen molar-refractivity contribution in [1.29, 1.82) is 0 Å². The van der Waals surface area contributed by atoms with Gasteiger partial charge in [0.05, 0.1) is 12.1 Å². The number of para-hydroxylation sites is 1. The Morgan fingerprint density at radius 1 is 1.18 bits per heavy atom. The lowest BCUT2D eigenvalue weighted by atomic mass is 9.86. The van der Waals surface area contributed by atoms with Crippen molar-refractivity contribution in [1.82, 2.24) is 30.6 Å². The zero-order valence-electron chi connectivity index (χ0n) is 20.4. The highest BCUT2D eigenvalue weighted by molar-refractivity contribution is 6.06. The zero-order chi connectivity index (χ0) is 24.3. The van der Waals surface area contributed by atoms with Gasteiger partial charge in [0.2, 0.25) is 11.8 Å². The highest BCUT2D eigenvalue weighted by Gasteiger charge is 2.34. The molecule has 2 N–H and O–H groups in total. The predicted octanol–water partition coefficient (Wildman–Crippen LogP) is 3.77. The van der Waals surface area contributed by atoms with Crippen LogP contribution in [0.2, 0.25) is 0 Å². The Kier molecular flexibility index (Phi) is 7.00. The van der Waals surface area contributed by atoms with Gasteiger partial charge in [0, 0.05) is 18.9 Å². The van der Waals surface area contributed by atoms with E-state index in [0.717, 1.165) is 17.4 Å². The Morgan fingerprint density at radius 3 is 2.59 bits per heavy atom. The molecule has 2 heterocycles. The van der Waals surface area contributed by atoms with Crippen molar-refractivity contribution < 1.29 is 14.1 Å². The molecule has 9 heteroatoms. The van der Waals surface area contributed by atoms with Gasteiger partial charge in [0.25, 0.3) is 5.91 Å². The van der Waals surface area contributed by atoms with Crippen LogP contribution in [0.3, 0.4) is 0 Å². The molecule has 4 rings (SSSR count). The number of fused-ring (bicyclic) bond motifs is 1. The fraction of sp³-hybridized carbons (Fsp3) is 0.560. The summed E-state index contributed by atoms with van der Waals surface area (Å²) in [5, 5.41) is 15.1. The second-order valence-corrected chi connectivity index (χ2v) is 10.3. The number of hydrogen-bond acceptors (Lipinski definition) is 6. The van der Waals surface area contributed by atoms with E-state index in [1.165, 1.54) is 32.1 Å². The summed E-state index contributed by atoms with van der Waals surface area (Å²) >= 11 is 0. The van der Waals surface area contributed by atoms with Gasteiger partial charge >= 0.3 is 0 Å². The Morgan fingerprint density at radius 2 is 1.91 bits per heavy atom. The van der Waals surface area contributed by atoms with Crippen LogP contribution in [-0.4, -0.2) is 37.8 Å². The van der Waals surface area contributed by atoms with E-state index in [-0.39, 0.29) is 18.4 Å². The first-order valence-corrected chi connectivity index (χ1v) is 12.1. The molecular weight excluding hydrogens is 432 g/mol. The summed E-state index contributed by atoms with van der Waals surface area (Å²) in [5.74, 6) is 0.728. The summed E-state index contributed by atoms with van der Waals surface area (Å²) in [6.45, 7) is 8.36. The molecule has 1 saturated carbocycles. The minimum absolute atomic E-state index is 0.123. The largest absolute Gasteiger partial charge is 0.347 e. The number of carbonyl (C=O) groups excluding carboxylic acids is 2. The van der Waals surface area contributed by atoms with Crippen molar-refractivity contribution in [3.05, 3.63) is 41.7 Å². The van der Waals surface area contributed by atoms with E-state index in [2.05, 4.69) is 20.8 Å². The van der Waals surface area contributed by atoms with E-state index in [4.69, 9.17) is 9.62 Å². The fourth-order valence-corrected chi connectivity index (χ4v) is 4.60. The second-order valence-electron chi connectivity index (χ2n) is 10.3. The summed E-state index contributed by atoms with van der Waals surface area (Å²) in [6.07, 6.45) is 6.20. The highest BCUT2D eigenvalue weighted by Crippen LogP contribution is 2.28. The first-order valence-electron chi connectivity index (χ1n) is 12.1. The average molecular weight is 467 g/mol. The second kappa shape index (κ2) is 9.95. The van der Waals surface area contributed by atoms with Crippen molar-refractivity contribution in [2.45, 2.75) is 78.9 Å². The molecule has 0 saturated heterocycles. The van der Waals surface area contributed by atoms with Crippen molar-refractivity contribution in [3.63, 3.8) is 0 Å². The first-order chi connectivity index (χ1) is 16.2. The van der Waals surface area contributed by atoms with Gasteiger partial charge in [-0.25, -0.2) is 0 Å². The maximum absolute atomic E-state index is 13.4. The summed E-state index contributed by atoms with van der Waals surface area (Å²) in [6, 6.07) is 7.03. The average Bonchev–Trinajstić information content (AvgIpc) is 3.39. The van der Waals surface area contributed by atoms with E-state index in [1.807, 2.05) is 49.7 Å². The molecular formula is C25H34N6O3. The number of carbonyl (C=O) groups is 2. The number of amides is 2. The molecule has 34 heavy (non-hydrogen) atoms. The van der Waals surface area contributed by atoms with Gasteiger partial charge in [-0.15, -0.1) is 0 Å². The van der Waals surface area contributed by atoms with Crippen LogP contribution < -0.4 is 10.6 Å². The summed E-state index contributed by atoms with van der Waals surface area (Å²) in [5.41, 5.74) is 0.776. The van der Waals surface area contributed by atoms with Crippen molar-refractivity contribution in [3.8, 4) is 0 Å². The molecule has 3 aromatic rings. The molecule has 0 unspecified atom stereocenters. The molecule has 1 aromatic carbocycles. The van der Waals surface area contributed by atoms with Crippen LogP contribution in [0.4, 0.5) is 0 Å². The Hall–Kier alpha value is -3.23. The van der Waals surface area contributed by atoms with Crippen LogP contribution in [-0.2, 0) is 17.9 Å². The molecule has 1 aliphatic carbocycles. The maximum atomic E-state index is 13.4. The molecule has 2 amide bonds. The van der Waals surface area contributed by atoms with Crippen LogP contribution in [0.5, 0.6) is 0 Å². The molecule has 0 spiro atoms. The van der Waals surface area contributed by atoms with Gasteiger partial charge in [-0.05, 0) is 30.2 Å². The number of aryl methyl sites for hydroxylation is 1. The molecule has 1 fully saturated rings. The number of hydrogen-bond donors (Lipinski definition) is 2. The van der Waals surface area contributed by atoms with Gasteiger partial charge in [0.15, 0.2) is 11.5 Å². The van der Waals surface area contributed by atoms with Crippen LogP contribution in [0.1, 0.15) is 75.1 Å². The highest BCUT2D eigenvalue weighted by atomic mass is 16.5. The molecule has 0 aliphatic heterocycles. The standard InChI is InChI=1S/C25H34N6O3/c1-16-27-20(30-34-16)14-26-24(33)22(25(2,3)4)28-23(32)21-18-12-8-9-13-19(18)31(29-21)15-17-10-6-5-7-11-17/h8-9,12-13,17,22H,5-7,10-11,14-15H2,1-4H3,(H,26,33)(H,28,32)/t22-/m1/s1. The van der Waals surface area contributed by atoms with E-state index < -0.39 is 11.5 Å². The maximum Gasteiger partial charge on any atom is 0.273 e. The Balaban J connectivity index is 1.53. The van der Waals surface area contributed by atoms with Crippen LogP contribution in [0.15, 0.2) is 28.8 Å². The first kappa shape index (κ1) is 23.9. The Labute approximate surface area is 199 Å². The number of nitrogens with one attached hydrogen (secondary N) is 2. The van der Waals surface area contributed by atoms with E-state index in [9.17, 15) is 9.59 Å². The molecule has 1 aliphatic rings. The van der Waals surface area contributed by atoms with Gasteiger partial charge in [-0.1, -0.05) is 63.4 Å². The molecule has 0 radical (unpaired) electrons. The summed E-state index contributed by atoms with van der Waals surface area (Å²) in [4.78, 5) is 30.5. The van der Waals surface area contributed by atoms with Crippen molar-refractivity contribution in [2.24, 2.45) is 11.3 Å². The fourth-order valence-electron chi connectivity index (χ4n) is 4.60. The quantitative estimate of drug-likeness (QED) is 0.548. The molecule has 9 nitrogen and oxygen atoms in total. The Bertz CT molecular complexity index is 1150. The summed E-state index contributed by atoms with van der Waals surface area (Å²) in [7, 11) is 0. The summed E-state index contributed by atoms with van der Waals surface area (Å²) < 4.78 is 6.92. The zero-order valence-corrected chi connectivity index (χ0v) is 20.4. The van der Waals surface area contributed by atoms with E-state index in [1.54, 1.807) is 6.92 Å². The smallest absolute Gasteiger partial charge is 0.273 e. The molecule has 1 atom stereocenters. The third-order valence-corrected chi connectivity index (χ3v) is 6.42.